The molecule has 0 atom stereocenters. The SMILES string of the molecule is COC(=O)c1cccc(Cn2ccnc2Cc2cccc(Cl)c2)c1. The Morgan fingerprint density at radius 3 is 2.75 bits per heavy atom. The van der Waals surface area contributed by atoms with E-state index in [2.05, 4.69) is 9.55 Å². The Labute approximate surface area is 145 Å². The number of ether oxygens (including phenoxy) is 1. The maximum Gasteiger partial charge on any atom is 0.337 e. The summed E-state index contributed by atoms with van der Waals surface area (Å²) in [7, 11) is 1.38. The van der Waals surface area contributed by atoms with Gasteiger partial charge in [-0.2, -0.15) is 0 Å². The molecule has 0 bridgehead atoms. The molecule has 0 saturated carbocycles. The number of methoxy groups -OCH3 is 1. The van der Waals surface area contributed by atoms with Crippen LogP contribution in [0.5, 0.6) is 0 Å². The number of rotatable bonds is 5. The molecule has 0 N–H and O–H groups in total. The van der Waals surface area contributed by atoms with Crippen LogP contribution in [0.25, 0.3) is 0 Å². The first-order valence-electron chi connectivity index (χ1n) is 7.57. The molecule has 0 unspecified atom stereocenters. The molecule has 1 aromatic heterocycles. The highest BCUT2D eigenvalue weighted by Crippen LogP contribution is 2.15. The van der Waals surface area contributed by atoms with Crippen LogP contribution in [0.3, 0.4) is 0 Å². The molecule has 0 aliphatic heterocycles. The van der Waals surface area contributed by atoms with Gasteiger partial charge in [-0.05, 0) is 35.4 Å². The number of hydrogen-bond donors (Lipinski definition) is 0. The van der Waals surface area contributed by atoms with Crippen molar-refractivity contribution < 1.29 is 9.53 Å². The zero-order chi connectivity index (χ0) is 16.9. The van der Waals surface area contributed by atoms with Crippen molar-refractivity contribution in [2.24, 2.45) is 0 Å². The van der Waals surface area contributed by atoms with E-state index in [-0.39, 0.29) is 5.97 Å². The third-order valence-corrected chi connectivity index (χ3v) is 3.99. The summed E-state index contributed by atoms with van der Waals surface area (Å²) in [4.78, 5) is 16.1. The first-order valence-corrected chi connectivity index (χ1v) is 7.95. The topological polar surface area (TPSA) is 44.1 Å². The Kier molecular flexibility index (Phi) is 4.96. The van der Waals surface area contributed by atoms with E-state index in [9.17, 15) is 4.79 Å². The van der Waals surface area contributed by atoms with Crippen molar-refractivity contribution in [2.45, 2.75) is 13.0 Å². The van der Waals surface area contributed by atoms with Crippen molar-refractivity contribution >= 4 is 17.6 Å². The van der Waals surface area contributed by atoms with E-state index >= 15 is 0 Å². The van der Waals surface area contributed by atoms with Crippen molar-refractivity contribution in [3.8, 4) is 0 Å². The van der Waals surface area contributed by atoms with Gasteiger partial charge in [0.1, 0.15) is 5.82 Å². The van der Waals surface area contributed by atoms with Crippen LogP contribution in [-0.2, 0) is 17.7 Å². The second-order valence-corrected chi connectivity index (χ2v) is 5.91. The molecule has 3 aromatic rings. The van der Waals surface area contributed by atoms with Gasteiger partial charge >= 0.3 is 5.97 Å². The molecular weight excluding hydrogens is 324 g/mol. The molecule has 24 heavy (non-hydrogen) atoms. The minimum atomic E-state index is -0.332. The van der Waals surface area contributed by atoms with Gasteiger partial charge < -0.3 is 9.30 Å². The Morgan fingerprint density at radius 1 is 1.17 bits per heavy atom. The summed E-state index contributed by atoms with van der Waals surface area (Å²) in [5.41, 5.74) is 2.67. The lowest BCUT2D eigenvalue weighted by molar-refractivity contribution is 0.0600. The van der Waals surface area contributed by atoms with E-state index in [1.165, 1.54) is 7.11 Å². The average molecular weight is 341 g/mol. The van der Waals surface area contributed by atoms with Crippen LogP contribution in [0, 0.1) is 0 Å². The summed E-state index contributed by atoms with van der Waals surface area (Å²) in [6.45, 7) is 0.640. The predicted molar refractivity (Wildman–Crippen MR) is 93.4 cm³/mol. The van der Waals surface area contributed by atoms with Gasteiger partial charge in [0.2, 0.25) is 0 Å². The fraction of sp³-hybridized carbons (Fsp3) is 0.158. The van der Waals surface area contributed by atoms with Gasteiger partial charge in [0, 0.05) is 30.4 Å². The number of halogens is 1. The maximum atomic E-state index is 11.7. The van der Waals surface area contributed by atoms with E-state index in [1.54, 1.807) is 12.3 Å². The maximum absolute atomic E-state index is 11.7. The van der Waals surface area contributed by atoms with Crippen LogP contribution in [-0.4, -0.2) is 22.6 Å². The van der Waals surface area contributed by atoms with Crippen molar-refractivity contribution in [2.75, 3.05) is 7.11 Å². The Morgan fingerprint density at radius 2 is 1.96 bits per heavy atom. The number of benzene rings is 2. The van der Waals surface area contributed by atoms with Crippen molar-refractivity contribution in [3.05, 3.63) is 88.5 Å². The van der Waals surface area contributed by atoms with Gasteiger partial charge in [-0.25, -0.2) is 9.78 Å². The highest BCUT2D eigenvalue weighted by Gasteiger charge is 2.08. The Hall–Kier alpha value is -2.59. The molecular formula is C19H17ClN2O2. The summed E-state index contributed by atoms with van der Waals surface area (Å²) < 4.78 is 6.84. The zero-order valence-electron chi connectivity index (χ0n) is 13.3. The molecule has 0 saturated heterocycles. The molecule has 0 fully saturated rings. The summed E-state index contributed by atoms with van der Waals surface area (Å²) in [5, 5.41) is 0.719. The van der Waals surface area contributed by atoms with Gasteiger partial charge in [0.05, 0.1) is 12.7 Å². The van der Waals surface area contributed by atoms with Crippen LogP contribution in [0.15, 0.2) is 60.9 Å². The first-order chi connectivity index (χ1) is 11.7. The van der Waals surface area contributed by atoms with Gasteiger partial charge in [0.25, 0.3) is 0 Å². The van der Waals surface area contributed by atoms with Gasteiger partial charge in [-0.1, -0.05) is 35.9 Å². The standard InChI is InChI=1S/C19H17ClN2O2/c1-24-19(23)16-6-2-5-15(10-16)13-22-9-8-21-18(22)12-14-4-3-7-17(20)11-14/h2-11H,12-13H2,1H3. The number of hydrogen-bond acceptors (Lipinski definition) is 3. The number of aromatic nitrogens is 2. The lowest BCUT2D eigenvalue weighted by Crippen LogP contribution is -2.07. The van der Waals surface area contributed by atoms with Crippen LogP contribution in [0.4, 0.5) is 0 Å². The molecule has 122 valence electrons. The predicted octanol–water partition coefficient (Wildman–Crippen LogP) is 3.96. The normalized spacial score (nSPS) is 10.6. The fourth-order valence-corrected chi connectivity index (χ4v) is 2.80. The summed E-state index contributed by atoms with van der Waals surface area (Å²) in [5.74, 6) is 0.613. The minimum absolute atomic E-state index is 0.332. The second kappa shape index (κ2) is 7.32. The highest BCUT2D eigenvalue weighted by atomic mass is 35.5. The fourth-order valence-electron chi connectivity index (χ4n) is 2.59. The molecule has 5 heteroatoms. The van der Waals surface area contributed by atoms with Gasteiger partial charge in [-0.15, -0.1) is 0 Å². The van der Waals surface area contributed by atoms with Gasteiger partial charge in [0.15, 0.2) is 0 Å². The average Bonchev–Trinajstić information content (AvgIpc) is 3.01. The lowest BCUT2D eigenvalue weighted by atomic mass is 10.1. The summed E-state index contributed by atoms with van der Waals surface area (Å²) in [6.07, 6.45) is 4.42. The lowest BCUT2D eigenvalue weighted by Gasteiger charge is -2.09. The molecule has 3 rings (SSSR count). The molecule has 0 spiro atoms. The van der Waals surface area contributed by atoms with Crippen LogP contribution < -0.4 is 0 Å². The molecule has 0 amide bonds. The first kappa shape index (κ1) is 16.3. The Balaban J connectivity index is 1.80. The molecule has 0 aliphatic rings. The number of esters is 1. The van der Waals surface area contributed by atoms with E-state index in [4.69, 9.17) is 16.3 Å². The molecule has 1 heterocycles. The van der Waals surface area contributed by atoms with E-state index < -0.39 is 0 Å². The molecule has 0 aliphatic carbocycles. The van der Waals surface area contributed by atoms with Crippen LogP contribution >= 0.6 is 11.6 Å². The summed E-state index contributed by atoms with van der Waals surface area (Å²) in [6, 6.07) is 15.2. The molecule has 0 radical (unpaired) electrons. The smallest absolute Gasteiger partial charge is 0.337 e. The third kappa shape index (κ3) is 3.84. The van der Waals surface area contributed by atoms with Crippen LogP contribution in [0.1, 0.15) is 27.3 Å². The van der Waals surface area contributed by atoms with Crippen molar-refractivity contribution in [1.29, 1.82) is 0 Å². The minimum Gasteiger partial charge on any atom is -0.465 e. The van der Waals surface area contributed by atoms with E-state index in [0.29, 0.717) is 18.5 Å². The molecule has 4 nitrogen and oxygen atoms in total. The summed E-state index contributed by atoms with van der Waals surface area (Å²) >= 11 is 6.04. The number of carbonyl (C=O) groups is 1. The largest absolute Gasteiger partial charge is 0.465 e. The van der Waals surface area contributed by atoms with Crippen molar-refractivity contribution in [1.82, 2.24) is 9.55 Å². The van der Waals surface area contributed by atoms with Crippen LogP contribution in [0.2, 0.25) is 5.02 Å². The van der Waals surface area contributed by atoms with Gasteiger partial charge in [-0.3, -0.25) is 0 Å². The third-order valence-electron chi connectivity index (χ3n) is 3.75. The van der Waals surface area contributed by atoms with E-state index in [1.807, 2.05) is 48.7 Å². The van der Waals surface area contributed by atoms with Crippen molar-refractivity contribution in [3.63, 3.8) is 0 Å². The number of nitrogens with zero attached hydrogens (tertiary/aromatic N) is 2. The number of imidazole rings is 1. The monoisotopic (exact) mass is 340 g/mol. The number of carbonyl (C=O) groups excluding carboxylic acids is 1. The highest BCUT2D eigenvalue weighted by molar-refractivity contribution is 6.30. The second-order valence-electron chi connectivity index (χ2n) is 5.47. The Bertz CT molecular complexity index is 858. The zero-order valence-corrected chi connectivity index (χ0v) is 14.0. The molecule has 2 aromatic carbocycles. The quantitative estimate of drug-likeness (QED) is 0.660. The van der Waals surface area contributed by atoms with E-state index in [0.717, 1.165) is 22.0 Å².